The van der Waals surface area contributed by atoms with Crippen molar-refractivity contribution in [1.82, 2.24) is 20.0 Å². The second kappa shape index (κ2) is 9.25. The average molecular weight is 453 g/mol. The first kappa shape index (κ1) is 20.3. The minimum absolute atomic E-state index is 0.0513. The van der Waals surface area contributed by atoms with E-state index >= 15 is 0 Å². The number of thioether (sulfide) groups is 1. The summed E-state index contributed by atoms with van der Waals surface area (Å²) in [7, 11) is 0. The molecule has 0 saturated carbocycles. The summed E-state index contributed by atoms with van der Waals surface area (Å²) in [6, 6.07) is 9.78. The van der Waals surface area contributed by atoms with Gasteiger partial charge in [0.1, 0.15) is 5.82 Å². The predicted octanol–water partition coefficient (Wildman–Crippen LogP) is 4.03. The SMILES string of the molecule is O=C(CSc1nnc(-c2ccc(F)cc2)o1)N1CCN(Cc2ccc(Cl)s2)CC1. The predicted molar refractivity (Wildman–Crippen MR) is 112 cm³/mol. The smallest absolute Gasteiger partial charge is 0.277 e. The summed E-state index contributed by atoms with van der Waals surface area (Å²) >= 11 is 8.79. The van der Waals surface area contributed by atoms with Crippen LogP contribution in [0.5, 0.6) is 0 Å². The largest absolute Gasteiger partial charge is 0.411 e. The Hall–Kier alpha value is -1.94. The van der Waals surface area contributed by atoms with Crippen LogP contribution in [0.2, 0.25) is 4.34 Å². The van der Waals surface area contributed by atoms with Gasteiger partial charge in [0.25, 0.3) is 5.22 Å². The van der Waals surface area contributed by atoms with Crippen LogP contribution < -0.4 is 0 Å². The minimum atomic E-state index is -0.326. The zero-order chi connectivity index (χ0) is 20.2. The first-order chi connectivity index (χ1) is 14.1. The van der Waals surface area contributed by atoms with Gasteiger partial charge in [0.05, 0.1) is 10.1 Å². The number of piperazine rings is 1. The van der Waals surface area contributed by atoms with E-state index < -0.39 is 0 Å². The summed E-state index contributed by atoms with van der Waals surface area (Å²) in [5.41, 5.74) is 0.639. The lowest BCUT2D eigenvalue weighted by molar-refractivity contribution is -0.130. The Morgan fingerprint density at radius 2 is 1.90 bits per heavy atom. The molecule has 0 atom stereocenters. The topological polar surface area (TPSA) is 62.5 Å². The van der Waals surface area contributed by atoms with E-state index in [0.717, 1.165) is 24.0 Å². The van der Waals surface area contributed by atoms with Gasteiger partial charge in [-0.1, -0.05) is 23.4 Å². The van der Waals surface area contributed by atoms with Crippen molar-refractivity contribution >= 4 is 40.6 Å². The molecule has 1 aliphatic heterocycles. The summed E-state index contributed by atoms with van der Waals surface area (Å²) in [5.74, 6) is 0.274. The van der Waals surface area contributed by atoms with Gasteiger partial charge in [-0.2, -0.15) is 0 Å². The zero-order valence-corrected chi connectivity index (χ0v) is 17.8. The number of benzene rings is 1. The van der Waals surface area contributed by atoms with E-state index in [1.165, 1.54) is 28.8 Å². The van der Waals surface area contributed by atoms with Crippen LogP contribution in [-0.2, 0) is 11.3 Å². The van der Waals surface area contributed by atoms with Crippen molar-refractivity contribution in [1.29, 1.82) is 0 Å². The highest BCUT2D eigenvalue weighted by molar-refractivity contribution is 7.99. The fourth-order valence-electron chi connectivity index (χ4n) is 3.00. The van der Waals surface area contributed by atoms with E-state index in [9.17, 15) is 9.18 Å². The van der Waals surface area contributed by atoms with Crippen molar-refractivity contribution < 1.29 is 13.6 Å². The van der Waals surface area contributed by atoms with Crippen LogP contribution >= 0.6 is 34.7 Å². The summed E-state index contributed by atoms with van der Waals surface area (Å²) < 4.78 is 19.4. The number of rotatable bonds is 6. The number of nitrogens with zero attached hydrogens (tertiary/aromatic N) is 4. The lowest BCUT2D eigenvalue weighted by Gasteiger charge is -2.34. The van der Waals surface area contributed by atoms with E-state index in [2.05, 4.69) is 15.1 Å². The second-order valence-electron chi connectivity index (χ2n) is 6.53. The molecule has 3 aromatic rings. The molecule has 0 bridgehead atoms. The van der Waals surface area contributed by atoms with Gasteiger partial charge >= 0.3 is 0 Å². The molecule has 4 rings (SSSR count). The van der Waals surface area contributed by atoms with Crippen molar-refractivity contribution in [2.45, 2.75) is 11.8 Å². The molecule has 152 valence electrons. The summed E-state index contributed by atoms with van der Waals surface area (Å²) in [6.07, 6.45) is 0. The van der Waals surface area contributed by atoms with Gasteiger partial charge in [-0.15, -0.1) is 21.5 Å². The van der Waals surface area contributed by atoms with Crippen molar-refractivity contribution in [2.24, 2.45) is 0 Å². The van der Waals surface area contributed by atoms with Gasteiger partial charge in [-0.05, 0) is 36.4 Å². The molecule has 0 spiro atoms. The van der Waals surface area contributed by atoms with E-state index in [-0.39, 0.29) is 17.5 Å². The fourth-order valence-corrected chi connectivity index (χ4v) is 4.80. The minimum Gasteiger partial charge on any atom is -0.411 e. The van der Waals surface area contributed by atoms with Gasteiger partial charge in [-0.3, -0.25) is 9.69 Å². The normalized spacial score (nSPS) is 15.0. The lowest BCUT2D eigenvalue weighted by atomic mass is 10.2. The maximum atomic E-state index is 13.0. The molecule has 29 heavy (non-hydrogen) atoms. The van der Waals surface area contributed by atoms with Crippen LogP contribution in [0, 0.1) is 5.82 Å². The van der Waals surface area contributed by atoms with Crippen LogP contribution in [0.15, 0.2) is 46.0 Å². The highest BCUT2D eigenvalue weighted by atomic mass is 35.5. The number of amides is 1. The van der Waals surface area contributed by atoms with Crippen LogP contribution in [0.4, 0.5) is 4.39 Å². The molecule has 1 fully saturated rings. The van der Waals surface area contributed by atoms with Crippen LogP contribution in [0.1, 0.15) is 4.88 Å². The monoisotopic (exact) mass is 452 g/mol. The number of carbonyl (C=O) groups excluding carboxylic acids is 1. The van der Waals surface area contributed by atoms with Gasteiger partial charge in [0.15, 0.2) is 0 Å². The number of hydrogen-bond acceptors (Lipinski definition) is 7. The zero-order valence-electron chi connectivity index (χ0n) is 15.4. The molecular weight excluding hydrogens is 435 g/mol. The van der Waals surface area contributed by atoms with Crippen molar-refractivity contribution in [3.63, 3.8) is 0 Å². The maximum Gasteiger partial charge on any atom is 0.277 e. The highest BCUT2D eigenvalue weighted by Gasteiger charge is 2.22. The molecule has 1 aliphatic rings. The van der Waals surface area contributed by atoms with Gasteiger partial charge < -0.3 is 9.32 Å². The Kier molecular flexibility index (Phi) is 6.49. The number of aromatic nitrogens is 2. The molecule has 10 heteroatoms. The molecule has 0 N–H and O–H groups in total. The second-order valence-corrected chi connectivity index (χ2v) is 9.26. The van der Waals surface area contributed by atoms with Crippen molar-refractivity contribution in [3.8, 4) is 11.5 Å². The molecule has 0 radical (unpaired) electrons. The Labute approximate surface area is 180 Å². The summed E-state index contributed by atoms with van der Waals surface area (Å²) in [6.45, 7) is 3.93. The Bertz CT molecular complexity index is 971. The summed E-state index contributed by atoms with van der Waals surface area (Å²) in [4.78, 5) is 17.9. The van der Waals surface area contributed by atoms with Crippen LogP contribution in [0.25, 0.3) is 11.5 Å². The molecule has 1 amide bonds. The molecule has 0 unspecified atom stereocenters. The van der Waals surface area contributed by atoms with E-state index in [1.807, 2.05) is 17.0 Å². The first-order valence-corrected chi connectivity index (χ1v) is 11.2. The molecule has 2 aromatic heterocycles. The quantitative estimate of drug-likeness (QED) is 0.526. The third-order valence-electron chi connectivity index (χ3n) is 4.55. The van der Waals surface area contributed by atoms with Gasteiger partial charge in [0.2, 0.25) is 11.8 Å². The molecule has 1 saturated heterocycles. The molecule has 0 aliphatic carbocycles. The van der Waals surface area contributed by atoms with Crippen molar-refractivity contribution in [2.75, 3.05) is 31.9 Å². The van der Waals surface area contributed by atoms with Gasteiger partial charge in [0, 0.05) is 43.2 Å². The number of carbonyl (C=O) groups is 1. The van der Waals surface area contributed by atoms with E-state index in [0.29, 0.717) is 29.8 Å². The average Bonchev–Trinajstić information content (AvgIpc) is 3.36. The standard InChI is InChI=1S/C19H18ClFN4O2S2/c20-16-6-5-15(29-16)11-24-7-9-25(10-8-24)17(26)12-28-19-23-22-18(27-19)13-1-3-14(21)4-2-13/h1-6H,7-12H2. The summed E-state index contributed by atoms with van der Waals surface area (Å²) in [5, 5.41) is 8.24. The van der Waals surface area contributed by atoms with Gasteiger partial charge in [-0.25, -0.2) is 4.39 Å². The fraction of sp³-hybridized carbons (Fsp3) is 0.316. The van der Waals surface area contributed by atoms with Crippen LogP contribution in [-0.4, -0.2) is 57.8 Å². The molecular formula is C19H18ClFN4O2S2. The Balaban J connectivity index is 1.24. The first-order valence-electron chi connectivity index (χ1n) is 9.03. The number of halogens is 2. The van der Waals surface area contributed by atoms with E-state index in [4.69, 9.17) is 16.0 Å². The van der Waals surface area contributed by atoms with Crippen LogP contribution in [0.3, 0.4) is 0 Å². The Morgan fingerprint density at radius 3 is 2.59 bits per heavy atom. The molecule has 3 heterocycles. The number of thiophene rings is 1. The molecule has 1 aromatic carbocycles. The lowest BCUT2D eigenvalue weighted by Crippen LogP contribution is -2.48. The Morgan fingerprint density at radius 1 is 1.14 bits per heavy atom. The third-order valence-corrected chi connectivity index (χ3v) is 6.57. The highest BCUT2D eigenvalue weighted by Crippen LogP contribution is 2.25. The third kappa shape index (κ3) is 5.36. The van der Waals surface area contributed by atoms with Crippen molar-refractivity contribution in [3.05, 3.63) is 51.4 Å². The number of hydrogen-bond donors (Lipinski definition) is 0. The van der Waals surface area contributed by atoms with E-state index in [1.54, 1.807) is 23.5 Å². The molecule has 6 nitrogen and oxygen atoms in total. The maximum absolute atomic E-state index is 13.0.